The van der Waals surface area contributed by atoms with E-state index in [1.807, 2.05) is 42.5 Å². The fourth-order valence-corrected chi connectivity index (χ4v) is 8.40. The molecule has 7 rings (SSSR count). The molecule has 3 amide bonds. The van der Waals surface area contributed by atoms with Gasteiger partial charge in [-0.25, -0.2) is 9.29 Å². The topological polar surface area (TPSA) is 101 Å². The Kier molecular flexibility index (Phi) is 6.47. The second-order valence-corrected chi connectivity index (χ2v) is 12.2. The Bertz CT molecular complexity index is 1940. The maximum Gasteiger partial charge on any atom is 0.308 e. The van der Waals surface area contributed by atoms with Crippen LogP contribution in [-0.4, -0.2) is 32.5 Å². The Morgan fingerprint density at radius 3 is 2.48 bits per heavy atom. The van der Waals surface area contributed by atoms with Gasteiger partial charge in [0.1, 0.15) is 17.6 Å². The van der Waals surface area contributed by atoms with E-state index in [1.165, 1.54) is 28.8 Å². The van der Waals surface area contributed by atoms with Crippen molar-refractivity contribution < 1.29 is 18.8 Å². The van der Waals surface area contributed by atoms with Crippen LogP contribution in [0.15, 0.2) is 101 Å². The third kappa shape index (κ3) is 4.41. The largest absolute Gasteiger partial charge is 0.325 e. The Morgan fingerprint density at radius 2 is 1.71 bits per heavy atom. The molecule has 0 bridgehead atoms. The van der Waals surface area contributed by atoms with Crippen LogP contribution in [0.4, 0.5) is 15.8 Å². The maximum atomic E-state index is 13.8. The van der Waals surface area contributed by atoms with E-state index in [2.05, 4.69) is 10.3 Å². The SMILES string of the molecule is O=C(Cn1c2c(sc1=O)[C@H](c1cccnc1)C1C(=O)N(c3ccc(F)cc3)C(=O)C1S2)Nc1ccc2ccccc2c1. The minimum Gasteiger partial charge on any atom is -0.325 e. The summed E-state index contributed by atoms with van der Waals surface area (Å²) in [6, 6.07) is 22.1. The van der Waals surface area contributed by atoms with Crippen molar-refractivity contribution in [3.63, 3.8) is 0 Å². The number of carbonyl (C=O) groups excluding carboxylic acids is 3. The third-order valence-corrected chi connectivity index (χ3v) is 10.1. The Labute approximate surface area is 246 Å². The molecule has 0 radical (unpaired) electrons. The number of thioether (sulfide) groups is 1. The number of aromatic nitrogens is 2. The lowest BCUT2D eigenvalue weighted by molar-refractivity contribution is -0.122. The third-order valence-electron chi connectivity index (χ3n) is 7.51. The van der Waals surface area contributed by atoms with Crippen LogP contribution >= 0.6 is 23.1 Å². The molecule has 42 heavy (non-hydrogen) atoms. The summed E-state index contributed by atoms with van der Waals surface area (Å²) < 4.78 is 15.0. The van der Waals surface area contributed by atoms with Gasteiger partial charge in [-0.2, -0.15) is 0 Å². The zero-order valence-corrected chi connectivity index (χ0v) is 23.4. The average Bonchev–Trinajstić information content (AvgIpc) is 3.44. The lowest BCUT2D eigenvalue weighted by Gasteiger charge is -2.30. The second kappa shape index (κ2) is 10.3. The minimum absolute atomic E-state index is 0.258. The smallest absolute Gasteiger partial charge is 0.308 e. The molecule has 3 atom stereocenters. The van der Waals surface area contributed by atoms with Gasteiger partial charge in [0.25, 0.3) is 0 Å². The van der Waals surface area contributed by atoms with E-state index < -0.39 is 40.6 Å². The van der Waals surface area contributed by atoms with Crippen molar-refractivity contribution in [3.05, 3.63) is 117 Å². The van der Waals surface area contributed by atoms with Crippen molar-refractivity contribution in [2.45, 2.75) is 22.7 Å². The Balaban J connectivity index is 1.25. The van der Waals surface area contributed by atoms with Crippen molar-refractivity contribution in [2.24, 2.45) is 5.92 Å². The predicted molar refractivity (Wildman–Crippen MR) is 159 cm³/mol. The first-order valence-corrected chi connectivity index (χ1v) is 14.8. The van der Waals surface area contributed by atoms with Crippen LogP contribution in [0.1, 0.15) is 16.4 Å². The molecule has 1 N–H and O–H groups in total. The summed E-state index contributed by atoms with van der Waals surface area (Å²) >= 11 is 2.09. The average molecular weight is 597 g/mol. The molecule has 2 aliphatic rings. The van der Waals surface area contributed by atoms with Crippen molar-refractivity contribution in [3.8, 4) is 0 Å². The standard InChI is InChI=1S/C31H21FN4O4S2/c32-20-8-11-22(12-9-20)36-28(38)25-24(19-6-3-13-33-15-19)27-30(41-26(25)29(36)39)35(31(40)42-27)16-23(37)34-21-10-7-17-4-1-2-5-18(17)14-21/h1-15,24-26H,16H2,(H,34,37)/t24-,25?,26?/m1/s1. The summed E-state index contributed by atoms with van der Waals surface area (Å²) in [5.41, 5.74) is 1.57. The van der Waals surface area contributed by atoms with Crippen molar-refractivity contribution >= 4 is 63.0 Å². The maximum absolute atomic E-state index is 13.8. The van der Waals surface area contributed by atoms with Gasteiger partial charge in [0.15, 0.2) is 0 Å². The normalized spacial score (nSPS) is 19.5. The quantitative estimate of drug-likeness (QED) is 0.286. The number of nitrogens with zero attached hydrogens (tertiary/aromatic N) is 3. The Morgan fingerprint density at radius 1 is 0.929 bits per heavy atom. The predicted octanol–water partition coefficient (Wildman–Crippen LogP) is 5.03. The summed E-state index contributed by atoms with van der Waals surface area (Å²) in [5.74, 6) is -3.18. The van der Waals surface area contributed by atoms with Crippen LogP contribution in [0, 0.1) is 11.7 Å². The molecule has 0 spiro atoms. The molecule has 1 fully saturated rings. The first-order valence-electron chi connectivity index (χ1n) is 13.1. The van der Waals surface area contributed by atoms with E-state index in [4.69, 9.17) is 0 Å². The highest BCUT2D eigenvalue weighted by Gasteiger charge is 2.56. The lowest BCUT2D eigenvalue weighted by atomic mass is 9.84. The molecule has 0 aliphatic carbocycles. The molecule has 5 aromatic rings. The number of anilines is 2. The highest BCUT2D eigenvalue weighted by molar-refractivity contribution is 8.00. The van der Waals surface area contributed by atoms with Gasteiger partial charge in [0.2, 0.25) is 17.7 Å². The van der Waals surface area contributed by atoms with Gasteiger partial charge >= 0.3 is 4.87 Å². The van der Waals surface area contributed by atoms with E-state index in [0.29, 0.717) is 21.2 Å². The molecule has 11 heteroatoms. The monoisotopic (exact) mass is 596 g/mol. The number of halogens is 1. The molecule has 4 heterocycles. The van der Waals surface area contributed by atoms with Crippen LogP contribution in [-0.2, 0) is 20.9 Å². The number of benzene rings is 3. The number of fused-ring (bicyclic) bond motifs is 3. The highest BCUT2D eigenvalue weighted by Crippen LogP contribution is 2.53. The molecular weight excluding hydrogens is 575 g/mol. The molecule has 1 saturated heterocycles. The zero-order chi connectivity index (χ0) is 29.0. The van der Waals surface area contributed by atoms with Gasteiger partial charge in [-0.1, -0.05) is 59.5 Å². The molecule has 2 aliphatic heterocycles. The fourth-order valence-electron chi connectivity index (χ4n) is 5.63. The fraction of sp³-hybridized carbons (Fsp3) is 0.129. The summed E-state index contributed by atoms with van der Waals surface area (Å²) in [6.07, 6.45) is 3.23. The van der Waals surface area contributed by atoms with E-state index in [0.717, 1.165) is 38.8 Å². The number of hydrogen-bond acceptors (Lipinski definition) is 7. The zero-order valence-electron chi connectivity index (χ0n) is 21.8. The van der Waals surface area contributed by atoms with Gasteiger partial charge in [-0.3, -0.25) is 28.7 Å². The number of hydrogen-bond donors (Lipinski definition) is 1. The van der Waals surface area contributed by atoms with Crippen LogP contribution in [0.2, 0.25) is 0 Å². The molecule has 2 aromatic heterocycles. The second-order valence-electron chi connectivity index (χ2n) is 10.1. The van der Waals surface area contributed by atoms with Gasteiger partial charge < -0.3 is 5.32 Å². The van der Waals surface area contributed by atoms with Crippen LogP contribution < -0.4 is 15.1 Å². The molecule has 8 nitrogen and oxygen atoms in total. The summed E-state index contributed by atoms with van der Waals surface area (Å²) in [6.45, 7) is -0.258. The van der Waals surface area contributed by atoms with Gasteiger partial charge in [-0.05, 0) is 58.8 Å². The number of nitrogens with one attached hydrogen (secondary N) is 1. The van der Waals surface area contributed by atoms with Gasteiger partial charge in [0, 0.05) is 28.9 Å². The molecule has 2 unspecified atom stereocenters. The van der Waals surface area contributed by atoms with E-state index in [-0.39, 0.29) is 17.1 Å². The van der Waals surface area contributed by atoms with Crippen LogP contribution in [0.3, 0.4) is 0 Å². The summed E-state index contributed by atoms with van der Waals surface area (Å²) in [7, 11) is 0. The lowest BCUT2D eigenvalue weighted by Crippen LogP contribution is -2.33. The first kappa shape index (κ1) is 26.3. The molecular formula is C31H21FN4O4S2. The minimum atomic E-state index is -0.843. The Hall–Kier alpha value is -4.61. The first-order chi connectivity index (χ1) is 20.4. The summed E-state index contributed by atoms with van der Waals surface area (Å²) in [4.78, 5) is 59.6. The highest BCUT2D eigenvalue weighted by atomic mass is 32.2. The number of imide groups is 1. The van der Waals surface area contributed by atoms with E-state index >= 15 is 0 Å². The van der Waals surface area contributed by atoms with Gasteiger partial charge in [-0.15, -0.1) is 0 Å². The molecule has 3 aromatic carbocycles. The van der Waals surface area contributed by atoms with E-state index in [1.54, 1.807) is 24.5 Å². The van der Waals surface area contributed by atoms with Gasteiger partial charge in [0.05, 0.1) is 16.6 Å². The summed E-state index contributed by atoms with van der Waals surface area (Å²) in [5, 5.41) is 4.52. The molecule has 208 valence electrons. The van der Waals surface area contributed by atoms with Crippen molar-refractivity contribution in [1.29, 1.82) is 0 Å². The van der Waals surface area contributed by atoms with Crippen molar-refractivity contribution in [1.82, 2.24) is 9.55 Å². The number of amides is 3. The number of pyridine rings is 1. The molecule has 0 saturated carbocycles. The van der Waals surface area contributed by atoms with E-state index in [9.17, 15) is 23.6 Å². The van der Waals surface area contributed by atoms with Crippen molar-refractivity contribution in [2.75, 3.05) is 10.2 Å². The van der Waals surface area contributed by atoms with Crippen LogP contribution in [0.25, 0.3) is 10.8 Å². The van der Waals surface area contributed by atoms with Crippen LogP contribution in [0.5, 0.6) is 0 Å². The number of carbonyl (C=O) groups is 3. The number of rotatable bonds is 5. The number of thiazole rings is 1.